The summed E-state index contributed by atoms with van der Waals surface area (Å²) in [6, 6.07) is 16.4. The van der Waals surface area contributed by atoms with Crippen molar-refractivity contribution in [2.75, 3.05) is 5.32 Å². The van der Waals surface area contributed by atoms with Gasteiger partial charge in [-0.25, -0.2) is 14.8 Å². The van der Waals surface area contributed by atoms with E-state index in [0.29, 0.717) is 16.9 Å². The van der Waals surface area contributed by atoms with Crippen molar-refractivity contribution in [1.82, 2.24) is 15.3 Å². The van der Waals surface area contributed by atoms with Crippen LogP contribution in [0.2, 0.25) is 0 Å². The molecule has 12 heteroatoms. The molecule has 0 saturated carbocycles. The molecule has 200 valence electrons. The van der Waals surface area contributed by atoms with Gasteiger partial charge in [0.15, 0.2) is 5.82 Å². The van der Waals surface area contributed by atoms with Gasteiger partial charge in [-0.05, 0) is 48.9 Å². The maximum atomic E-state index is 13.2. The monoisotopic (exact) mass is 538 g/mol. The number of amides is 1. The average Bonchev–Trinajstić information content (AvgIpc) is 2.90. The van der Waals surface area contributed by atoms with Gasteiger partial charge in [-0.2, -0.15) is 13.2 Å². The number of rotatable bonds is 9. The number of aromatic nitrogens is 2. The molecule has 9 nitrogen and oxygen atoms in total. The Morgan fingerprint density at radius 3 is 2.18 bits per heavy atom. The van der Waals surface area contributed by atoms with Gasteiger partial charge < -0.3 is 20.8 Å². The van der Waals surface area contributed by atoms with E-state index in [1.165, 1.54) is 30.3 Å². The third-order valence-corrected chi connectivity index (χ3v) is 5.70. The highest BCUT2D eigenvalue weighted by molar-refractivity contribution is 5.97. The Bertz CT molecular complexity index is 1530. The minimum atomic E-state index is -4.53. The molecule has 39 heavy (non-hydrogen) atoms. The number of halogens is 3. The van der Waals surface area contributed by atoms with Crippen LogP contribution in [-0.2, 0) is 15.8 Å². The number of carboxylic acids is 2. The number of nitrogens with zero attached hydrogens (tertiary/aromatic N) is 2. The Morgan fingerprint density at radius 2 is 1.56 bits per heavy atom. The van der Waals surface area contributed by atoms with Crippen molar-refractivity contribution < 1.29 is 37.8 Å². The Hall–Kier alpha value is -5.00. The highest BCUT2D eigenvalue weighted by Gasteiger charge is 2.31. The fourth-order valence-electron chi connectivity index (χ4n) is 3.72. The summed E-state index contributed by atoms with van der Waals surface area (Å²) < 4.78 is 39.7. The molecule has 0 bridgehead atoms. The average molecular weight is 538 g/mol. The summed E-state index contributed by atoms with van der Waals surface area (Å²) in [5, 5.41) is 23.4. The summed E-state index contributed by atoms with van der Waals surface area (Å²) in [5.41, 5.74) is 1.00. The standard InChI is InChI=1S/C27H21F3N4O5/c28-27(29,30)17-8-11-19-21(14-17)32-23(15-4-2-1-3-5-15)24(33-19)31-18-9-6-16(7-10-18)25(37)34-20(26(38)39)12-13-22(35)36/h1-11,14,20H,12-13H2,(H,31,33)(H,34,37)(H,35,36)(H,38,39)/t20-/m0/s1. The van der Waals surface area contributed by atoms with Gasteiger partial charge in [0, 0.05) is 23.2 Å². The molecule has 1 atom stereocenters. The number of nitrogens with one attached hydrogen (secondary N) is 2. The van der Waals surface area contributed by atoms with Gasteiger partial charge in [0.1, 0.15) is 11.7 Å². The molecular formula is C27H21F3N4O5. The van der Waals surface area contributed by atoms with Crippen LogP contribution in [0.3, 0.4) is 0 Å². The minimum Gasteiger partial charge on any atom is -0.481 e. The number of carbonyl (C=O) groups is 3. The second kappa shape index (κ2) is 11.2. The first kappa shape index (κ1) is 27.0. The Morgan fingerprint density at radius 1 is 0.872 bits per heavy atom. The van der Waals surface area contributed by atoms with Crippen molar-refractivity contribution in [3.05, 3.63) is 83.9 Å². The SMILES string of the molecule is O=C(O)CC[C@H](NC(=O)c1ccc(Nc2nc3ccc(C(F)(F)F)cc3nc2-c2ccccc2)cc1)C(=O)O. The van der Waals surface area contributed by atoms with Crippen molar-refractivity contribution in [3.63, 3.8) is 0 Å². The second-order valence-corrected chi connectivity index (χ2v) is 8.49. The lowest BCUT2D eigenvalue weighted by molar-refractivity contribution is -0.141. The van der Waals surface area contributed by atoms with Crippen LogP contribution in [0.4, 0.5) is 24.7 Å². The topological polar surface area (TPSA) is 142 Å². The molecule has 0 aliphatic carbocycles. The van der Waals surface area contributed by atoms with E-state index in [2.05, 4.69) is 20.6 Å². The molecule has 0 saturated heterocycles. The molecule has 4 rings (SSSR count). The third kappa shape index (κ3) is 6.66. The molecule has 1 aromatic heterocycles. The van der Waals surface area contributed by atoms with Gasteiger partial charge in [-0.3, -0.25) is 9.59 Å². The van der Waals surface area contributed by atoms with Gasteiger partial charge in [0.05, 0.1) is 16.6 Å². The molecule has 1 heterocycles. The van der Waals surface area contributed by atoms with E-state index >= 15 is 0 Å². The lowest BCUT2D eigenvalue weighted by atomic mass is 10.1. The molecule has 0 radical (unpaired) electrons. The fraction of sp³-hybridized carbons (Fsp3) is 0.148. The molecule has 1 amide bonds. The van der Waals surface area contributed by atoms with Crippen molar-refractivity contribution >= 4 is 40.4 Å². The predicted octanol–water partition coefficient (Wildman–Crippen LogP) is 5.11. The molecular weight excluding hydrogens is 517 g/mol. The van der Waals surface area contributed by atoms with E-state index in [0.717, 1.165) is 12.1 Å². The highest BCUT2D eigenvalue weighted by atomic mass is 19.4. The van der Waals surface area contributed by atoms with E-state index in [-0.39, 0.29) is 28.8 Å². The zero-order chi connectivity index (χ0) is 28.2. The number of hydrogen-bond acceptors (Lipinski definition) is 6. The first-order valence-corrected chi connectivity index (χ1v) is 11.6. The number of alkyl halides is 3. The van der Waals surface area contributed by atoms with Crippen LogP contribution < -0.4 is 10.6 Å². The van der Waals surface area contributed by atoms with Gasteiger partial charge in [0.2, 0.25) is 0 Å². The maximum Gasteiger partial charge on any atom is 0.416 e. The molecule has 0 fully saturated rings. The zero-order valence-corrected chi connectivity index (χ0v) is 20.1. The minimum absolute atomic E-state index is 0.0668. The van der Waals surface area contributed by atoms with E-state index in [9.17, 15) is 32.7 Å². The number of benzene rings is 3. The largest absolute Gasteiger partial charge is 0.481 e. The molecule has 4 N–H and O–H groups in total. The summed E-state index contributed by atoms with van der Waals surface area (Å²) in [7, 11) is 0. The highest BCUT2D eigenvalue weighted by Crippen LogP contribution is 2.33. The van der Waals surface area contributed by atoms with Crippen LogP contribution in [0.1, 0.15) is 28.8 Å². The van der Waals surface area contributed by atoms with Crippen LogP contribution in [-0.4, -0.2) is 44.1 Å². The number of aliphatic carboxylic acids is 2. The number of fused-ring (bicyclic) bond motifs is 1. The smallest absolute Gasteiger partial charge is 0.416 e. The number of carboxylic acid groups (broad SMARTS) is 2. The van der Waals surface area contributed by atoms with Crippen LogP contribution in [0.5, 0.6) is 0 Å². The summed E-state index contributed by atoms with van der Waals surface area (Å²) in [4.78, 5) is 43.6. The van der Waals surface area contributed by atoms with Crippen molar-refractivity contribution in [1.29, 1.82) is 0 Å². The van der Waals surface area contributed by atoms with Crippen molar-refractivity contribution in [3.8, 4) is 11.3 Å². The third-order valence-electron chi connectivity index (χ3n) is 5.70. The van der Waals surface area contributed by atoms with Crippen LogP contribution in [0, 0.1) is 0 Å². The lowest BCUT2D eigenvalue weighted by Crippen LogP contribution is -2.41. The molecule has 0 aliphatic rings. The van der Waals surface area contributed by atoms with Crippen LogP contribution >= 0.6 is 0 Å². The molecule has 4 aromatic rings. The molecule has 0 unspecified atom stereocenters. The fourth-order valence-corrected chi connectivity index (χ4v) is 3.72. The number of hydrogen-bond donors (Lipinski definition) is 4. The van der Waals surface area contributed by atoms with E-state index in [1.807, 2.05) is 0 Å². The zero-order valence-electron chi connectivity index (χ0n) is 20.1. The Kier molecular flexibility index (Phi) is 7.75. The summed E-state index contributed by atoms with van der Waals surface area (Å²) in [6.45, 7) is 0. The van der Waals surface area contributed by atoms with Crippen molar-refractivity contribution in [2.24, 2.45) is 0 Å². The normalized spacial score (nSPS) is 12.1. The molecule has 3 aromatic carbocycles. The Balaban J connectivity index is 1.61. The summed E-state index contributed by atoms with van der Waals surface area (Å²) in [6.07, 6.45) is -5.23. The molecule has 0 spiro atoms. The predicted molar refractivity (Wildman–Crippen MR) is 135 cm³/mol. The second-order valence-electron chi connectivity index (χ2n) is 8.49. The quantitative estimate of drug-likeness (QED) is 0.230. The van der Waals surface area contributed by atoms with E-state index in [4.69, 9.17) is 5.11 Å². The van der Waals surface area contributed by atoms with E-state index < -0.39 is 42.0 Å². The van der Waals surface area contributed by atoms with Gasteiger partial charge in [-0.15, -0.1) is 0 Å². The first-order valence-electron chi connectivity index (χ1n) is 11.6. The van der Waals surface area contributed by atoms with Crippen molar-refractivity contribution in [2.45, 2.75) is 25.1 Å². The number of anilines is 2. The maximum absolute atomic E-state index is 13.2. The molecule has 0 aliphatic heterocycles. The van der Waals surface area contributed by atoms with Crippen LogP contribution in [0.15, 0.2) is 72.8 Å². The lowest BCUT2D eigenvalue weighted by Gasteiger charge is -2.15. The van der Waals surface area contributed by atoms with Gasteiger partial charge in [-0.1, -0.05) is 30.3 Å². The Labute approximate surface area is 219 Å². The summed E-state index contributed by atoms with van der Waals surface area (Å²) in [5.74, 6) is -2.97. The first-order chi connectivity index (χ1) is 18.5. The van der Waals surface area contributed by atoms with Gasteiger partial charge >= 0.3 is 18.1 Å². The van der Waals surface area contributed by atoms with E-state index in [1.54, 1.807) is 30.3 Å². The summed E-state index contributed by atoms with van der Waals surface area (Å²) >= 11 is 0. The number of carbonyl (C=O) groups excluding carboxylic acids is 1. The van der Waals surface area contributed by atoms with Crippen LogP contribution in [0.25, 0.3) is 22.3 Å². The van der Waals surface area contributed by atoms with Gasteiger partial charge in [0.25, 0.3) is 5.91 Å².